The minimum atomic E-state index is -0.694. The van der Waals surface area contributed by atoms with E-state index >= 15 is 0 Å². The van der Waals surface area contributed by atoms with Crippen molar-refractivity contribution >= 4 is 11.3 Å². The van der Waals surface area contributed by atoms with Crippen molar-refractivity contribution in [2.45, 2.75) is 51.2 Å². The first-order valence-electron chi connectivity index (χ1n) is 10.1. The molecule has 30 heavy (non-hydrogen) atoms. The molecule has 0 aliphatic heterocycles. The lowest BCUT2D eigenvalue weighted by molar-refractivity contribution is -0.526. The van der Waals surface area contributed by atoms with E-state index in [0.717, 1.165) is 35.1 Å². The Labute approximate surface area is 181 Å². The fourth-order valence-electron chi connectivity index (χ4n) is 4.25. The number of aryl methyl sites for hydroxylation is 2. The molecule has 1 aromatic carbocycles. The van der Waals surface area contributed by atoms with Crippen LogP contribution in [0.15, 0.2) is 17.5 Å². The SMILES string of the molecule is CCCc1scc(C2c3cc(OC)c(OC)cc3CCC2[N+](=O)[O-])c1COCOC. The predicted octanol–water partition coefficient (Wildman–Crippen LogP) is 4.56. The number of nitrogens with zero attached hydrogens (tertiary/aromatic N) is 1. The van der Waals surface area contributed by atoms with Gasteiger partial charge in [0.15, 0.2) is 11.5 Å². The van der Waals surface area contributed by atoms with Gasteiger partial charge in [0.1, 0.15) is 6.79 Å². The summed E-state index contributed by atoms with van der Waals surface area (Å²) in [6.45, 7) is 2.70. The Morgan fingerprint density at radius 1 is 1.17 bits per heavy atom. The molecule has 0 saturated heterocycles. The second-order valence-electron chi connectivity index (χ2n) is 7.37. The van der Waals surface area contributed by atoms with E-state index in [2.05, 4.69) is 12.3 Å². The van der Waals surface area contributed by atoms with Crippen molar-refractivity contribution in [1.29, 1.82) is 0 Å². The van der Waals surface area contributed by atoms with Crippen LogP contribution in [-0.4, -0.2) is 39.1 Å². The number of methoxy groups -OCH3 is 3. The van der Waals surface area contributed by atoms with Gasteiger partial charge in [0.2, 0.25) is 6.04 Å². The normalized spacial score (nSPS) is 18.1. The molecule has 7 nitrogen and oxygen atoms in total. The molecule has 1 heterocycles. The van der Waals surface area contributed by atoms with Gasteiger partial charge in [-0.25, -0.2) is 0 Å². The number of benzene rings is 1. The maximum atomic E-state index is 12.0. The molecule has 0 amide bonds. The van der Waals surface area contributed by atoms with Gasteiger partial charge in [0, 0.05) is 23.3 Å². The molecular weight excluding hydrogens is 406 g/mol. The molecule has 2 atom stereocenters. The molecule has 0 saturated carbocycles. The van der Waals surface area contributed by atoms with Crippen LogP contribution in [0.5, 0.6) is 11.5 Å². The summed E-state index contributed by atoms with van der Waals surface area (Å²) < 4.78 is 21.7. The summed E-state index contributed by atoms with van der Waals surface area (Å²) in [5, 5.41) is 14.1. The van der Waals surface area contributed by atoms with Gasteiger partial charge in [0.25, 0.3) is 0 Å². The van der Waals surface area contributed by atoms with Crippen molar-refractivity contribution in [3.05, 3.63) is 54.8 Å². The number of hydrogen-bond donors (Lipinski definition) is 0. The van der Waals surface area contributed by atoms with Crippen LogP contribution < -0.4 is 9.47 Å². The maximum Gasteiger partial charge on any atom is 0.224 e. The van der Waals surface area contributed by atoms with Crippen LogP contribution in [0.3, 0.4) is 0 Å². The van der Waals surface area contributed by atoms with Crippen molar-refractivity contribution in [3.63, 3.8) is 0 Å². The van der Waals surface area contributed by atoms with Gasteiger partial charge in [-0.1, -0.05) is 13.3 Å². The molecule has 0 N–H and O–H groups in total. The Kier molecular flexibility index (Phi) is 7.69. The summed E-state index contributed by atoms with van der Waals surface area (Å²) in [7, 11) is 4.77. The lowest BCUT2D eigenvalue weighted by atomic mass is 9.75. The van der Waals surface area contributed by atoms with Gasteiger partial charge in [-0.3, -0.25) is 10.1 Å². The van der Waals surface area contributed by atoms with Crippen molar-refractivity contribution in [2.24, 2.45) is 0 Å². The Morgan fingerprint density at radius 3 is 2.53 bits per heavy atom. The number of fused-ring (bicyclic) bond motifs is 1. The van der Waals surface area contributed by atoms with Crippen molar-refractivity contribution in [1.82, 2.24) is 0 Å². The van der Waals surface area contributed by atoms with Crippen molar-refractivity contribution in [3.8, 4) is 11.5 Å². The first-order chi connectivity index (χ1) is 14.5. The molecule has 0 bridgehead atoms. The highest BCUT2D eigenvalue weighted by Gasteiger charge is 2.41. The quantitative estimate of drug-likeness (QED) is 0.236. The molecule has 164 valence electrons. The van der Waals surface area contributed by atoms with Crippen molar-refractivity contribution < 1.29 is 23.9 Å². The van der Waals surface area contributed by atoms with Crippen LogP contribution in [0, 0.1) is 10.1 Å². The number of thiophene rings is 1. The van der Waals surface area contributed by atoms with Crippen LogP contribution in [0.4, 0.5) is 0 Å². The Bertz CT molecular complexity index is 881. The second kappa shape index (κ2) is 10.2. The number of nitro groups is 1. The number of rotatable bonds is 10. The third-order valence-electron chi connectivity index (χ3n) is 5.62. The molecule has 3 rings (SSSR count). The van der Waals surface area contributed by atoms with Gasteiger partial charge in [0.05, 0.1) is 26.7 Å². The summed E-state index contributed by atoms with van der Waals surface area (Å²) in [5.41, 5.74) is 4.05. The zero-order chi connectivity index (χ0) is 21.7. The fraction of sp³-hybridized carbons (Fsp3) is 0.545. The average Bonchev–Trinajstić information content (AvgIpc) is 3.14. The van der Waals surface area contributed by atoms with Gasteiger partial charge in [-0.15, -0.1) is 11.3 Å². The summed E-state index contributed by atoms with van der Waals surface area (Å²) in [5.74, 6) is 0.883. The lowest BCUT2D eigenvalue weighted by Gasteiger charge is -2.30. The zero-order valence-corrected chi connectivity index (χ0v) is 18.8. The molecule has 2 unspecified atom stereocenters. The molecule has 0 fully saturated rings. The Hall–Kier alpha value is -2.16. The molecule has 1 aliphatic rings. The van der Waals surface area contributed by atoms with Gasteiger partial charge >= 0.3 is 0 Å². The highest BCUT2D eigenvalue weighted by molar-refractivity contribution is 7.10. The molecule has 0 spiro atoms. The average molecular weight is 436 g/mol. The van der Waals surface area contributed by atoms with Gasteiger partial charge in [-0.2, -0.15) is 0 Å². The maximum absolute atomic E-state index is 12.0. The van der Waals surface area contributed by atoms with E-state index in [-0.39, 0.29) is 17.6 Å². The molecule has 8 heteroatoms. The summed E-state index contributed by atoms with van der Waals surface area (Å²) >= 11 is 1.66. The summed E-state index contributed by atoms with van der Waals surface area (Å²) in [4.78, 5) is 13.1. The molecule has 1 aliphatic carbocycles. The highest BCUT2D eigenvalue weighted by Crippen LogP contribution is 2.45. The second-order valence-corrected chi connectivity index (χ2v) is 8.34. The van der Waals surface area contributed by atoms with Crippen molar-refractivity contribution in [2.75, 3.05) is 28.1 Å². The fourth-order valence-corrected chi connectivity index (χ4v) is 5.45. The first kappa shape index (κ1) is 22.5. The first-order valence-corrected chi connectivity index (χ1v) is 11.0. The van der Waals surface area contributed by atoms with Gasteiger partial charge in [-0.05, 0) is 52.6 Å². The van der Waals surface area contributed by atoms with Crippen LogP contribution >= 0.6 is 11.3 Å². The van der Waals surface area contributed by atoms with Crippen LogP contribution in [0.25, 0.3) is 0 Å². The van der Waals surface area contributed by atoms with E-state index in [9.17, 15) is 10.1 Å². The predicted molar refractivity (Wildman–Crippen MR) is 115 cm³/mol. The summed E-state index contributed by atoms with van der Waals surface area (Å²) in [6, 6.07) is 3.17. The Balaban J connectivity index is 2.14. The zero-order valence-electron chi connectivity index (χ0n) is 17.9. The van der Waals surface area contributed by atoms with E-state index in [1.165, 1.54) is 4.88 Å². The third-order valence-corrected chi connectivity index (χ3v) is 6.73. The largest absolute Gasteiger partial charge is 0.493 e. The standard InChI is InChI=1S/C22H29NO6S/c1-5-6-21-16(11-29-13-26-2)17(12-30-21)22-15-10-20(28-4)19(27-3)9-14(15)7-8-18(22)23(24)25/h9-10,12,18,22H,5-8,11,13H2,1-4H3. The minimum Gasteiger partial charge on any atom is -0.493 e. The third kappa shape index (κ3) is 4.45. The highest BCUT2D eigenvalue weighted by atomic mass is 32.1. The van der Waals surface area contributed by atoms with E-state index in [1.54, 1.807) is 32.7 Å². The molecule has 2 aromatic rings. The van der Waals surface area contributed by atoms with E-state index in [0.29, 0.717) is 30.9 Å². The lowest BCUT2D eigenvalue weighted by Crippen LogP contribution is -2.33. The van der Waals surface area contributed by atoms with E-state index in [4.69, 9.17) is 18.9 Å². The summed E-state index contributed by atoms with van der Waals surface area (Å²) in [6.07, 6.45) is 3.05. The monoisotopic (exact) mass is 435 g/mol. The van der Waals surface area contributed by atoms with Gasteiger partial charge < -0.3 is 18.9 Å². The number of hydrogen-bond acceptors (Lipinski definition) is 7. The van der Waals surface area contributed by atoms with Crippen LogP contribution in [0.1, 0.15) is 52.8 Å². The van der Waals surface area contributed by atoms with E-state index in [1.807, 2.05) is 12.1 Å². The topological polar surface area (TPSA) is 80.1 Å². The molecule has 1 aromatic heterocycles. The Morgan fingerprint density at radius 2 is 1.90 bits per heavy atom. The number of ether oxygens (including phenoxy) is 4. The van der Waals surface area contributed by atoms with Crippen LogP contribution in [-0.2, 0) is 28.9 Å². The smallest absolute Gasteiger partial charge is 0.224 e. The molecular formula is C22H29NO6S. The van der Waals surface area contributed by atoms with Crippen LogP contribution in [0.2, 0.25) is 0 Å². The molecule has 0 radical (unpaired) electrons. The van der Waals surface area contributed by atoms with E-state index < -0.39 is 6.04 Å². The minimum absolute atomic E-state index is 0.138.